The van der Waals surface area contributed by atoms with E-state index in [0.29, 0.717) is 0 Å². The molecule has 100 valence electrons. The molecule has 4 nitrogen and oxygen atoms in total. The molecule has 1 aromatic rings. The molecule has 2 rings (SSSR count). The van der Waals surface area contributed by atoms with E-state index in [1.807, 2.05) is 0 Å². The van der Waals surface area contributed by atoms with Gasteiger partial charge in [0.2, 0.25) is 0 Å². The molecule has 0 bridgehead atoms. The first kappa shape index (κ1) is 13.1. The Bertz CT molecular complexity index is 472. The number of hydrogen-bond acceptors (Lipinski definition) is 3. The molecule has 18 heavy (non-hydrogen) atoms. The van der Waals surface area contributed by atoms with Gasteiger partial charge < -0.3 is 5.11 Å². The highest BCUT2D eigenvalue weighted by Crippen LogP contribution is 2.43. The van der Waals surface area contributed by atoms with Crippen molar-refractivity contribution >= 4 is 0 Å². The van der Waals surface area contributed by atoms with Gasteiger partial charge in [-0.05, 0) is 19.3 Å². The third kappa shape index (κ3) is 2.55. The predicted molar refractivity (Wildman–Crippen MR) is 56.9 cm³/mol. The maximum atomic E-state index is 12.9. The Morgan fingerprint density at radius 2 is 2.11 bits per heavy atom. The van der Waals surface area contributed by atoms with E-state index in [-0.39, 0.29) is 19.3 Å². The Hall–Kier alpha value is -1.37. The molecule has 1 saturated carbocycles. The first-order valence-corrected chi connectivity index (χ1v) is 5.66. The SMILES string of the molecule is O=c1ccncn1C1CC(O)CCC1C(F)(F)F. The van der Waals surface area contributed by atoms with Gasteiger partial charge in [-0.2, -0.15) is 13.2 Å². The molecule has 1 aromatic heterocycles. The van der Waals surface area contributed by atoms with Crippen LogP contribution in [0.3, 0.4) is 0 Å². The molecule has 3 atom stereocenters. The van der Waals surface area contributed by atoms with Gasteiger partial charge in [0.15, 0.2) is 0 Å². The zero-order chi connectivity index (χ0) is 13.3. The van der Waals surface area contributed by atoms with Crippen LogP contribution in [0.2, 0.25) is 0 Å². The van der Waals surface area contributed by atoms with E-state index >= 15 is 0 Å². The third-order valence-corrected chi connectivity index (χ3v) is 3.32. The fraction of sp³-hybridized carbons (Fsp3) is 0.636. The predicted octanol–water partition coefficient (Wildman–Crippen LogP) is 1.51. The Balaban J connectivity index is 2.37. The highest BCUT2D eigenvalue weighted by Gasteiger charge is 2.48. The van der Waals surface area contributed by atoms with E-state index in [1.165, 1.54) is 6.20 Å². The topological polar surface area (TPSA) is 55.1 Å². The molecular formula is C11H13F3N2O2. The number of rotatable bonds is 1. The molecule has 7 heteroatoms. The summed E-state index contributed by atoms with van der Waals surface area (Å²) in [7, 11) is 0. The Morgan fingerprint density at radius 3 is 2.72 bits per heavy atom. The van der Waals surface area contributed by atoms with Crippen molar-refractivity contribution in [3.8, 4) is 0 Å². The second-order valence-corrected chi connectivity index (χ2v) is 4.51. The van der Waals surface area contributed by atoms with Crippen LogP contribution in [-0.2, 0) is 0 Å². The van der Waals surface area contributed by atoms with Crippen LogP contribution in [0.1, 0.15) is 25.3 Å². The lowest BCUT2D eigenvalue weighted by Crippen LogP contribution is -2.41. The van der Waals surface area contributed by atoms with Crippen LogP contribution in [0.5, 0.6) is 0 Å². The number of nitrogens with zero attached hydrogens (tertiary/aromatic N) is 2. The molecule has 0 aromatic carbocycles. The van der Waals surface area contributed by atoms with E-state index in [1.54, 1.807) is 0 Å². The second-order valence-electron chi connectivity index (χ2n) is 4.51. The number of halogens is 3. The summed E-state index contributed by atoms with van der Waals surface area (Å²) in [5, 5.41) is 9.51. The van der Waals surface area contributed by atoms with Crippen molar-refractivity contribution in [2.45, 2.75) is 37.6 Å². The van der Waals surface area contributed by atoms with Gasteiger partial charge in [-0.3, -0.25) is 9.36 Å². The zero-order valence-electron chi connectivity index (χ0n) is 9.47. The largest absolute Gasteiger partial charge is 0.393 e. The molecule has 0 radical (unpaired) electrons. The molecule has 0 aliphatic heterocycles. The lowest BCUT2D eigenvalue weighted by Gasteiger charge is -2.36. The van der Waals surface area contributed by atoms with Crippen molar-refractivity contribution in [2.24, 2.45) is 5.92 Å². The highest BCUT2D eigenvalue weighted by molar-refractivity contribution is 4.93. The van der Waals surface area contributed by atoms with E-state index in [0.717, 1.165) is 17.0 Å². The second kappa shape index (κ2) is 4.72. The van der Waals surface area contributed by atoms with Crippen LogP contribution in [0.15, 0.2) is 23.4 Å². The van der Waals surface area contributed by atoms with Crippen LogP contribution >= 0.6 is 0 Å². The van der Waals surface area contributed by atoms with Gasteiger partial charge in [0.05, 0.1) is 24.4 Å². The number of aliphatic hydroxyl groups excluding tert-OH is 1. The zero-order valence-corrected chi connectivity index (χ0v) is 9.47. The fourth-order valence-electron chi connectivity index (χ4n) is 2.42. The molecule has 0 spiro atoms. The summed E-state index contributed by atoms with van der Waals surface area (Å²) < 4.78 is 39.7. The van der Waals surface area contributed by atoms with Crippen LogP contribution in [-0.4, -0.2) is 26.9 Å². The number of hydrogen-bond donors (Lipinski definition) is 1. The average Bonchev–Trinajstić information content (AvgIpc) is 2.27. The molecule has 1 heterocycles. The average molecular weight is 262 g/mol. The maximum absolute atomic E-state index is 12.9. The summed E-state index contributed by atoms with van der Waals surface area (Å²) in [6.07, 6.45) is -2.98. The Morgan fingerprint density at radius 1 is 1.39 bits per heavy atom. The fourth-order valence-corrected chi connectivity index (χ4v) is 2.42. The molecule has 1 N–H and O–H groups in total. The minimum atomic E-state index is -4.37. The summed E-state index contributed by atoms with van der Waals surface area (Å²) in [5.74, 6) is -1.61. The van der Waals surface area contributed by atoms with Crippen molar-refractivity contribution in [1.82, 2.24) is 9.55 Å². The minimum absolute atomic E-state index is 0.0736. The van der Waals surface area contributed by atoms with Gasteiger partial charge in [0.1, 0.15) is 0 Å². The standard InChI is InChI=1S/C11H13F3N2O2/c12-11(13,14)8-2-1-7(17)5-9(8)16-6-15-4-3-10(16)18/h3-4,6-9,17H,1-2,5H2. The maximum Gasteiger partial charge on any atom is 0.393 e. The van der Waals surface area contributed by atoms with Crippen molar-refractivity contribution in [3.63, 3.8) is 0 Å². The molecule has 1 aliphatic carbocycles. The summed E-state index contributed by atoms with van der Waals surface area (Å²) >= 11 is 0. The number of aliphatic hydroxyl groups is 1. The lowest BCUT2D eigenvalue weighted by molar-refractivity contribution is -0.199. The third-order valence-electron chi connectivity index (χ3n) is 3.32. The van der Waals surface area contributed by atoms with Gasteiger partial charge >= 0.3 is 6.18 Å². The van der Waals surface area contributed by atoms with Crippen LogP contribution in [0, 0.1) is 5.92 Å². The quantitative estimate of drug-likeness (QED) is 0.834. The van der Waals surface area contributed by atoms with Gasteiger partial charge in [0.25, 0.3) is 5.56 Å². The molecular weight excluding hydrogens is 249 g/mol. The molecule has 1 aliphatic rings. The van der Waals surface area contributed by atoms with Crippen LogP contribution < -0.4 is 5.56 Å². The normalized spacial score (nSPS) is 29.2. The number of aromatic nitrogens is 2. The minimum Gasteiger partial charge on any atom is -0.393 e. The molecule has 0 amide bonds. The van der Waals surface area contributed by atoms with E-state index in [4.69, 9.17) is 0 Å². The van der Waals surface area contributed by atoms with Crippen molar-refractivity contribution < 1.29 is 18.3 Å². The summed E-state index contributed by atoms with van der Waals surface area (Å²) in [6, 6.07) is 0.0453. The molecule has 1 fully saturated rings. The molecule has 0 saturated heterocycles. The lowest BCUT2D eigenvalue weighted by atomic mass is 9.82. The van der Waals surface area contributed by atoms with Crippen LogP contribution in [0.25, 0.3) is 0 Å². The van der Waals surface area contributed by atoms with Gasteiger partial charge in [0, 0.05) is 12.3 Å². The van der Waals surface area contributed by atoms with Crippen molar-refractivity contribution in [2.75, 3.05) is 0 Å². The monoisotopic (exact) mass is 262 g/mol. The first-order valence-electron chi connectivity index (χ1n) is 5.66. The van der Waals surface area contributed by atoms with Gasteiger partial charge in [-0.25, -0.2) is 4.98 Å². The van der Waals surface area contributed by atoms with E-state index < -0.39 is 29.8 Å². The van der Waals surface area contributed by atoms with Crippen molar-refractivity contribution in [1.29, 1.82) is 0 Å². The van der Waals surface area contributed by atoms with E-state index in [9.17, 15) is 23.1 Å². The summed E-state index contributed by atoms with van der Waals surface area (Å²) in [6.45, 7) is 0. The van der Waals surface area contributed by atoms with Crippen LogP contribution in [0.4, 0.5) is 13.2 Å². The van der Waals surface area contributed by atoms with E-state index in [2.05, 4.69) is 4.98 Å². The summed E-state index contributed by atoms with van der Waals surface area (Å²) in [5.41, 5.74) is -0.529. The smallest absolute Gasteiger partial charge is 0.393 e. The Labute approximate surface area is 101 Å². The van der Waals surface area contributed by atoms with Gasteiger partial charge in [-0.15, -0.1) is 0 Å². The highest BCUT2D eigenvalue weighted by atomic mass is 19.4. The first-order chi connectivity index (χ1) is 8.39. The number of alkyl halides is 3. The van der Waals surface area contributed by atoms with Gasteiger partial charge in [-0.1, -0.05) is 0 Å². The summed E-state index contributed by atoms with van der Waals surface area (Å²) in [4.78, 5) is 15.2. The Kier molecular flexibility index (Phi) is 3.43. The molecule has 3 unspecified atom stereocenters. The van der Waals surface area contributed by atoms with Crippen molar-refractivity contribution in [3.05, 3.63) is 28.9 Å².